The van der Waals surface area contributed by atoms with E-state index in [2.05, 4.69) is 21.3 Å². The summed E-state index contributed by atoms with van der Waals surface area (Å²) in [4.78, 5) is 34.8. The van der Waals surface area contributed by atoms with E-state index in [1.807, 2.05) is 79.9 Å². The Kier molecular flexibility index (Phi) is 7.52. The van der Waals surface area contributed by atoms with Crippen molar-refractivity contribution in [3.8, 4) is 0 Å². The number of aryl methyl sites for hydroxylation is 2. The number of fused-ring (bicyclic) bond motifs is 2. The predicted molar refractivity (Wildman–Crippen MR) is 150 cm³/mol. The van der Waals surface area contributed by atoms with E-state index in [4.69, 9.17) is 15.4 Å². The molecule has 0 radical (unpaired) electrons. The fraction of sp³-hybridized carbons (Fsp3) is 0.286. The van der Waals surface area contributed by atoms with E-state index in [0.717, 1.165) is 38.6 Å². The zero-order valence-corrected chi connectivity index (χ0v) is 22.5. The first-order chi connectivity index (χ1) is 18.0. The highest BCUT2D eigenvalue weighted by molar-refractivity contribution is 6.12. The molecule has 10 heteroatoms. The van der Waals surface area contributed by atoms with Crippen LogP contribution >= 0.6 is 0 Å². The summed E-state index contributed by atoms with van der Waals surface area (Å²) < 4.78 is 4.01. The van der Waals surface area contributed by atoms with Crippen molar-refractivity contribution in [3.05, 3.63) is 59.9 Å². The van der Waals surface area contributed by atoms with Gasteiger partial charge in [-0.05, 0) is 43.3 Å². The van der Waals surface area contributed by atoms with Crippen molar-refractivity contribution in [2.45, 2.75) is 27.2 Å². The normalized spacial score (nSPS) is 12.3. The standard InChI is InChI=1S/C28H32N6O4/c1-17(30-37-18(2)35)24-15-33(5)28-10-8-21(14-23(24)28)32(4)12-11-26(31-38-19(3)36)25-16-34(6)27-9-7-20(29)13-22(25)27/h7-10,13-16H,11-12,29H2,1-6H3/b30-17+,31-26+. The van der Waals surface area contributed by atoms with Crippen LogP contribution in [-0.2, 0) is 33.4 Å². The van der Waals surface area contributed by atoms with Crippen LogP contribution in [0.4, 0.5) is 11.4 Å². The molecule has 2 aromatic carbocycles. The van der Waals surface area contributed by atoms with Gasteiger partial charge in [-0.15, -0.1) is 0 Å². The molecule has 0 saturated carbocycles. The molecule has 0 bridgehead atoms. The van der Waals surface area contributed by atoms with Crippen LogP contribution in [0.5, 0.6) is 0 Å². The van der Waals surface area contributed by atoms with Gasteiger partial charge in [-0.1, -0.05) is 10.3 Å². The van der Waals surface area contributed by atoms with E-state index in [9.17, 15) is 9.59 Å². The topological polar surface area (TPSA) is 116 Å². The molecular formula is C28H32N6O4. The lowest BCUT2D eigenvalue weighted by Crippen LogP contribution is -2.21. The average molecular weight is 517 g/mol. The van der Waals surface area contributed by atoms with Gasteiger partial charge in [0.2, 0.25) is 0 Å². The Balaban J connectivity index is 1.63. The Bertz CT molecular complexity index is 1590. The molecule has 38 heavy (non-hydrogen) atoms. The first-order valence-electron chi connectivity index (χ1n) is 12.2. The molecule has 0 unspecified atom stereocenters. The first-order valence-corrected chi connectivity index (χ1v) is 12.2. The molecular weight excluding hydrogens is 484 g/mol. The third-order valence-corrected chi connectivity index (χ3v) is 6.41. The number of rotatable bonds is 8. The van der Waals surface area contributed by atoms with E-state index in [-0.39, 0.29) is 0 Å². The van der Waals surface area contributed by atoms with Gasteiger partial charge in [-0.2, -0.15) is 0 Å². The molecule has 4 rings (SSSR count). The molecule has 10 nitrogen and oxygen atoms in total. The lowest BCUT2D eigenvalue weighted by molar-refractivity contribution is -0.141. The minimum atomic E-state index is -0.483. The first kappa shape index (κ1) is 26.5. The summed E-state index contributed by atoms with van der Waals surface area (Å²) in [6.07, 6.45) is 4.46. The molecule has 0 fully saturated rings. The lowest BCUT2D eigenvalue weighted by Gasteiger charge is -2.20. The van der Waals surface area contributed by atoms with E-state index in [1.165, 1.54) is 13.8 Å². The van der Waals surface area contributed by atoms with Crippen molar-refractivity contribution in [2.75, 3.05) is 24.2 Å². The van der Waals surface area contributed by atoms with Gasteiger partial charge in [-0.25, -0.2) is 9.59 Å². The molecule has 2 aromatic heterocycles. The molecule has 0 amide bonds. The van der Waals surface area contributed by atoms with Gasteiger partial charge < -0.3 is 29.4 Å². The van der Waals surface area contributed by atoms with E-state index in [1.54, 1.807) is 0 Å². The number of benzene rings is 2. The molecule has 0 spiro atoms. The molecule has 198 valence electrons. The smallest absolute Gasteiger partial charge is 0.331 e. The number of oxime groups is 2. The molecule has 2 heterocycles. The Morgan fingerprint density at radius 1 is 0.868 bits per heavy atom. The summed E-state index contributed by atoms with van der Waals surface area (Å²) in [5.74, 6) is -0.950. The van der Waals surface area contributed by atoms with Crippen LogP contribution in [-0.4, -0.2) is 46.1 Å². The summed E-state index contributed by atoms with van der Waals surface area (Å²) in [6, 6.07) is 11.9. The van der Waals surface area contributed by atoms with E-state index < -0.39 is 11.9 Å². The Labute approximate surface area is 220 Å². The van der Waals surface area contributed by atoms with Crippen molar-refractivity contribution < 1.29 is 19.3 Å². The highest BCUT2D eigenvalue weighted by atomic mass is 16.7. The van der Waals surface area contributed by atoms with Gasteiger partial charge in [0.1, 0.15) is 0 Å². The Morgan fingerprint density at radius 3 is 2.11 bits per heavy atom. The molecule has 0 aliphatic carbocycles. The number of anilines is 2. The summed E-state index contributed by atoms with van der Waals surface area (Å²) in [5.41, 5.74) is 12.7. The van der Waals surface area contributed by atoms with Crippen LogP contribution in [0.25, 0.3) is 21.8 Å². The molecule has 4 aromatic rings. The predicted octanol–water partition coefficient (Wildman–Crippen LogP) is 4.33. The maximum atomic E-state index is 11.6. The summed E-state index contributed by atoms with van der Waals surface area (Å²) >= 11 is 0. The van der Waals surface area contributed by atoms with Gasteiger partial charge in [-0.3, -0.25) is 0 Å². The van der Waals surface area contributed by atoms with Crippen LogP contribution in [0.15, 0.2) is 59.1 Å². The Morgan fingerprint density at radius 2 is 1.45 bits per heavy atom. The highest BCUT2D eigenvalue weighted by Gasteiger charge is 2.17. The fourth-order valence-corrected chi connectivity index (χ4v) is 4.48. The minimum absolute atomic E-state index is 0.467. The van der Waals surface area contributed by atoms with Gasteiger partial charge in [0.05, 0.1) is 11.4 Å². The van der Waals surface area contributed by atoms with Crippen molar-refractivity contribution in [1.29, 1.82) is 0 Å². The zero-order valence-electron chi connectivity index (χ0n) is 22.5. The molecule has 0 aliphatic heterocycles. The van der Waals surface area contributed by atoms with Crippen LogP contribution in [0, 0.1) is 0 Å². The second kappa shape index (κ2) is 10.8. The van der Waals surface area contributed by atoms with Crippen molar-refractivity contribution in [3.63, 3.8) is 0 Å². The highest BCUT2D eigenvalue weighted by Crippen LogP contribution is 2.28. The SMILES string of the molecule is CC(=O)O/N=C(\C)c1cn(C)c2ccc(N(C)CC/C(=N\OC(C)=O)c3cn(C)c4ccc(N)cc34)cc12. The van der Waals surface area contributed by atoms with Gasteiger partial charge in [0.25, 0.3) is 0 Å². The van der Waals surface area contributed by atoms with Crippen LogP contribution in [0.3, 0.4) is 0 Å². The number of nitrogens with zero attached hydrogens (tertiary/aromatic N) is 5. The van der Waals surface area contributed by atoms with Crippen molar-refractivity contribution in [2.24, 2.45) is 24.4 Å². The van der Waals surface area contributed by atoms with Gasteiger partial charge in [0.15, 0.2) is 0 Å². The fourth-order valence-electron chi connectivity index (χ4n) is 4.48. The number of hydrogen-bond donors (Lipinski definition) is 1. The van der Waals surface area contributed by atoms with Gasteiger partial charge in [0, 0.05) is 105 Å². The molecule has 2 N–H and O–H groups in total. The lowest BCUT2D eigenvalue weighted by atomic mass is 10.1. The minimum Gasteiger partial charge on any atom is -0.399 e. The van der Waals surface area contributed by atoms with E-state index >= 15 is 0 Å². The average Bonchev–Trinajstić information content (AvgIpc) is 3.38. The number of nitrogen functional groups attached to an aromatic ring is 1. The molecule has 0 atom stereocenters. The Hall–Kier alpha value is -4.60. The van der Waals surface area contributed by atoms with Crippen molar-refractivity contribution in [1.82, 2.24) is 9.13 Å². The van der Waals surface area contributed by atoms with Crippen molar-refractivity contribution >= 4 is 56.5 Å². The third kappa shape index (κ3) is 5.54. The largest absolute Gasteiger partial charge is 0.399 e. The second-order valence-electron chi connectivity index (χ2n) is 9.34. The molecule has 0 saturated heterocycles. The number of nitrogens with two attached hydrogens (primary N) is 1. The van der Waals surface area contributed by atoms with Gasteiger partial charge >= 0.3 is 11.9 Å². The summed E-state index contributed by atoms with van der Waals surface area (Å²) in [7, 11) is 5.91. The number of carbonyl (C=O) groups is 2. The van der Waals surface area contributed by atoms with Crippen LogP contribution < -0.4 is 10.6 Å². The molecule has 0 aliphatic rings. The zero-order chi connectivity index (χ0) is 27.6. The maximum Gasteiger partial charge on any atom is 0.331 e. The number of aromatic nitrogens is 2. The third-order valence-electron chi connectivity index (χ3n) is 6.41. The monoisotopic (exact) mass is 516 g/mol. The van der Waals surface area contributed by atoms with Crippen LogP contribution in [0.2, 0.25) is 0 Å². The maximum absolute atomic E-state index is 11.6. The van der Waals surface area contributed by atoms with E-state index in [0.29, 0.717) is 30.1 Å². The van der Waals surface area contributed by atoms with Crippen LogP contribution in [0.1, 0.15) is 38.3 Å². The number of hydrogen-bond acceptors (Lipinski definition) is 8. The second-order valence-corrected chi connectivity index (χ2v) is 9.34. The summed E-state index contributed by atoms with van der Waals surface area (Å²) in [6.45, 7) is 5.06. The summed E-state index contributed by atoms with van der Waals surface area (Å²) in [5, 5.41) is 10.1. The number of carbonyl (C=O) groups excluding carboxylic acids is 2. The quantitative estimate of drug-likeness (QED) is 0.161.